The lowest BCUT2D eigenvalue weighted by Crippen LogP contribution is -2.31. The zero-order valence-corrected chi connectivity index (χ0v) is 13.1. The molecule has 0 spiro atoms. The summed E-state index contributed by atoms with van der Waals surface area (Å²) in [6.45, 7) is 0.278. The third-order valence-corrected chi connectivity index (χ3v) is 6.54. The van der Waals surface area contributed by atoms with E-state index in [-0.39, 0.29) is 16.3 Å². The Balaban J connectivity index is 2.18. The Hall–Kier alpha value is -1.90. The molecule has 2 aromatic rings. The van der Waals surface area contributed by atoms with Gasteiger partial charge < -0.3 is 0 Å². The van der Waals surface area contributed by atoms with Crippen molar-refractivity contribution < 1.29 is 16.8 Å². The minimum atomic E-state index is -4.13. The Morgan fingerprint density at radius 1 is 0.864 bits per heavy atom. The van der Waals surface area contributed by atoms with E-state index in [1.807, 2.05) is 12.1 Å². The van der Waals surface area contributed by atoms with Crippen molar-refractivity contribution in [2.45, 2.75) is 16.2 Å². The Morgan fingerprint density at radius 2 is 1.45 bits per heavy atom. The molecule has 0 bridgehead atoms. The Bertz CT molecular complexity index is 937. The van der Waals surface area contributed by atoms with Crippen LogP contribution in [-0.4, -0.2) is 23.4 Å². The highest BCUT2D eigenvalue weighted by atomic mass is 32.2. The van der Waals surface area contributed by atoms with Crippen molar-refractivity contribution in [3.63, 3.8) is 0 Å². The Labute approximate surface area is 129 Å². The second-order valence-corrected chi connectivity index (χ2v) is 8.31. The SMILES string of the molecule is NS(=O)(=O)c1ccccc1S(=O)(=O)N1CCc2ccccc21. The maximum absolute atomic E-state index is 12.9. The molecule has 0 amide bonds. The molecule has 0 unspecified atom stereocenters. The zero-order chi connectivity index (χ0) is 16.0. The van der Waals surface area contributed by atoms with Crippen LogP contribution in [0.1, 0.15) is 5.56 Å². The van der Waals surface area contributed by atoms with Crippen LogP contribution in [0.25, 0.3) is 0 Å². The van der Waals surface area contributed by atoms with Crippen LogP contribution < -0.4 is 9.44 Å². The van der Waals surface area contributed by atoms with E-state index in [1.54, 1.807) is 12.1 Å². The first-order valence-corrected chi connectivity index (χ1v) is 9.53. The van der Waals surface area contributed by atoms with E-state index in [0.29, 0.717) is 12.1 Å². The standard InChI is InChI=1S/C14H14N2O4S2/c15-21(17,18)13-7-3-4-8-14(13)22(19,20)16-10-9-11-5-1-2-6-12(11)16/h1-8H,9-10H2,(H2,15,17,18). The third-order valence-electron chi connectivity index (χ3n) is 3.57. The molecule has 3 rings (SSSR count). The molecule has 2 aromatic carbocycles. The van der Waals surface area contributed by atoms with Crippen LogP contribution in [0.4, 0.5) is 5.69 Å². The second-order valence-electron chi connectivity index (χ2n) is 4.95. The summed E-state index contributed by atoms with van der Waals surface area (Å²) in [5, 5.41) is 5.14. The zero-order valence-electron chi connectivity index (χ0n) is 11.5. The molecule has 0 atom stereocenters. The number of nitrogens with zero attached hydrogens (tertiary/aromatic N) is 1. The van der Waals surface area contributed by atoms with E-state index in [9.17, 15) is 16.8 Å². The fraction of sp³-hybridized carbons (Fsp3) is 0.143. The van der Waals surface area contributed by atoms with Crippen molar-refractivity contribution in [1.29, 1.82) is 0 Å². The van der Waals surface area contributed by atoms with Crippen molar-refractivity contribution in [2.24, 2.45) is 5.14 Å². The second kappa shape index (κ2) is 5.08. The highest BCUT2D eigenvalue weighted by Crippen LogP contribution is 2.34. The van der Waals surface area contributed by atoms with E-state index >= 15 is 0 Å². The fourth-order valence-corrected chi connectivity index (χ4v) is 5.43. The summed E-state index contributed by atoms with van der Waals surface area (Å²) in [4.78, 5) is -0.686. The van der Waals surface area contributed by atoms with Crippen molar-refractivity contribution in [3.05, 3.63) is 54.1 Å². The number of hydrogen-bond acceptors (Lipinski definition) is 4. The van der Waals surface area contributed by atoms with Gasteiger partial charge in [-0.3, -0.25) is 4.31 Å². The molecular formula is C14H14N2O4S2. The number of nitrogens with two attached hydrogens (primary N) is 1. The van der Waals surface area contributed by atoms with Gasteiger partial charge in [-0.05, 0) is 30.2 Å². The van der Waals surface area contributed by atoms with E-state index in [0.717, 1.165) is 5.56 Å². The van der Waals surface area contributed by atoms with Gasteiger partial charge in [0.2, 0.25) is 10.0 Å². The van der Waals surface area contributed by atoms with Crippen LogP contribution in [0.15, 0.2) is 58.3 Å². The molecule has 0 aromatic heterocycles. The number of benzene rings is 2. The predicted octanol–water partition coefficient (Wildman–Crippen LogP) is 1.09. The first-order valence-electron chi connectivity index (χ1n) is 6.54. The number of anilines is 1. The number of sulfonamides is 2. The van der Waals surface area contributed by atoms with Gasteiger partial charge in [0.25, 0.3) is 10.0 Å². The van der Waals surface area contributed by atoms with Crippen molar-refractivity contribution in [3.8, 4) is 0 Å². The van der Waals surface area contributed by atoms with Gasteiger partial charge in [0, 0.05) is 6.54 Å². The number of fused-ring (bicyclic) bond motifs is 1. The summed E-state index contributed by atoms with van der Waals surface area (Å²) in [7, 11) is -8.12. The topological polar surface area (TPSA) is 97.5 Å². The van der Waals surface area contributed by atoms with Crippen LogP contribution in [0.2, 0.25) is 0 Å². The Kier molecular flexibility index (Phi) is 3.47. The predicted molar refractivity (Wildman–Crippen MR) is 82.5 cm³/mol. The lowest BCUT2D eigenvalue weighted by molar-refractivity contribution is 0.581. The number of rotatable bonds is 3. The largest absolute Gasteiger partial charge is 0.266 e. The molecule has 6 nitrogen and oxygen atoms in total. The van der Waals surface area contributed by atoms with Crippen LogP contribution in [0.3, 0.4) is 0 Å². The first kappa shape index (κ1) is 15.0. The molecule has 1 heterocycles. The summed E-state index contributed by atoms with van der Waals surface area (Å²) in [6, 6.07) is 12.5. The van der Waals surface area contributed by atoms with Crippen LogP contribution in [-0.2, 0) is 26.5 Å². The minimum Gasteiger partial charge on any atom is -0.266 e. The highest BCUT2D eigenvalue weighted by Gasteiger charge is 2.33. The molecule has 0 saturated carbocycles. The van der Waals surface area contributed by atoms with E-state index in [1.165, 1.54) is 28.6 Å². The number of primary sulfonamides is 1. The van der Waals surface area contributed by atoms with E-state index < -0.39 is 20.0 Å². The van der Waals surface area contributed by atoms with Gasteiger partial charge >= 0.3 is 0 Å². The molecule has 22 heavy (non-hydrogen) atoms. The molecule has 0 fully saturated rings. The van der Waals surface area contributed by atoms with Crippen molar-refractivity contribution >= 4 is 25.7 Å². The highest BCUT2D eigenvalue weighted by molar-refractivity contribution is 7.94. The van der Waals surface area contributed by atoms with Gasteiger partial charge in [0.15, 0.2) is 0 Å². The smallest absolute Gasteiger partial charge is 0.265 e. The fourth-order valence-electron chi connectivity index (χ4n) is 2.57. The van der Waals surface area contributed by atoms with Gasteiger partial charge in [-0.2, -0.15) is 0 Å². The summed E-state index contributed by atoms with van der Waals surface area (Å²) in [5.41, 5.74) is 1.49. The normalized spacial score (nSPS) is 14.9. The average molecular weight is 338 g/mol. The van der Waals surface area contributed by atoms with Crippen molar-refractivity contribution in [1.82, 2.24) is 0 Å². The molecule has 0 radical (unpaired) electrons. The van der Waals surface area contributed by atoms with Gasteiger partial charge in [0.1, 0.15) is 9.79 Å². The monoisotopic (exact) mass is 338 g/mol. The third kappa shape index (κ3) is 2.39. The Morgan fingerprint density at radius 3 is 2.14 bits per heavy atom. The molecule has 8 heteroatoms. The van der Waals surface area contributed by atoms with Crippen molar-refractivity contribution in [2.75, 3.05) is 10.8 Å². The summed E-state index contributed by atoms with van der Waals surface area (Å²) in [6.07, 6.45) is 0.590. The number of hydrogen-bond donors (Lipinski definition) is 1. The molecule has 0 aliphatic carbocycles. The maximum atomic E-state index is 12.9. The van der Waals surface area contributed by atoms with Gasteiger partial charge in [-0.1, -0.05) is 30.3 Å². The quantitative estimate of drug-likeness (QED) is 0.905. The lowest BCUT2D eigenvalue weighted by atomic mass is 10.2. The summed E-state index contributed by atoms with van der Waals surface area (Å²) < 4.78 is 50.3. The number of para-hydroxylation sites is 1. The van der Waals surface area contributed by atoms with Gasteiger partial charge in [-0.25, -0.2) is 22.0 Å². The first-order chi connectivity index (χ1) is 10.3. The maximum Gasteiger partial charge on any atom is 0.265 e. The summed E-state index contributed by atoms with van der Waals surface area (Å²) in [5.74, 6) is 0. The minimum absolute atomic E-state index is 0.278. The summed E-state index contributed by atoms with van der Waals surface area (Å²) >= 11 is 0. The van der Waals surface area contributed by atoms with Crippen LogP contribution in [0.5, 0.6) is 0 Å². The van der Waals surface area contributed by atoms with Crippen LogP contribution in [0, 0.1) is 0 Å². The molecular weight excluding hydrogens is 324 g/mol. The van der Waals surface area contributed by atoms with E-state index in [2.05, 4.69) is 0 Å². The lowest BCUT2D eigenvalue weighted by Gasteiger charge is -2.20. The molecule has 1 aliphatic heterocycles. The molecule has 116 valence electrons. The molecule has 1 aliphatic rings. The molecule has 0 saturated heterocycles. The van der Waals surface area contributed by atoms with E-state index in [4.69, 9.17) is 5.14 Å². The van der Waals surface area contributed by atoms with Gasteiger partial charge in [-0.15, -0.1) is 0 Å². The van der Waals surface area contributed by atoms with Crippen LogP contribution >= 0.6 is 0 Å². The average Bonchev–Trinajstić information content (AvgIpc) is 2.91. The molecule has 2 N–H and O–H groups in total. The van der Waals surface area contributed by atoms with Gasteiger partial charge in [0.05, 0.1) is 5.69 Å².